The van der Waals surface area contributed by atoms with Gasteiger partial charge in [0.2, 0.25) is 5.91 Å². The number of nitrogens with zero attached hydrogens (tertiary/aromatic N) is 1. The molecule has 0 aromatic rings. The molecule has 0 aromatic carbocycles. The second-order valence-electron chi connectivity index (χ2n) is 5.69. The topological polar surface area (TPSA) is 83.6 Å². The third kappa shape index (κ3) is 2.66. The third-order valence-corrected chi connectivity index (χ3v) is 4.45. The highest BCUT2D eigenvalue weighted by Crippen LogP contribution is 2.35. The minimum atomic E-state index is -0.786. The molecule has 3 unspecified atom stereocenters. The third-order valence-electron chi connectivity index (χ3n) is 4.45. The molecule has 0 radical (unpaired) electrons. The van der Waals surface area contributed by atoms with Crippen LogP contribution in [0, 0.1) is 11.3 Å². The van der Waals surface area contributed by atoms with Crippen molar-refractivity contribution in [3.05, 3.63) is 12.2 Å². The highest BCUT2D eigenvalue weighted by Gasteiger charge is 2.43. The van der Waals surface area contributed by atoms with E-state index in [1.807, 2.05) is 19.1 Å². The number of carbonyl (C=O) groups excluding carboxylic acids is 1. The van der Waals surface area contributed by atoms with Gasteiger partial charge in [-0.25, -0.2) is 0 Å². The molecule has 5 nitrogen and oxygen atoms in total. The summed E-state index contributed by atoms with van der Waals surface area (Å²) in [5.74, 6) is -0.925. The molecule has 0 bridgehead atoms. The lowest BCUT2D eigenvalue weighted by molar-refractivity contribution is -0.155. The van der Waals surface area contributed by atoms with Gasteiger partial charge in [0, 0.05) is 19.1 Å². The van der Waals surface area contributed by atoms with Crippen LogP contribution in [0.1, 0.15) is 32.6 Å². The minimum absolute atomic E-state index is 0.0305. The number of hydrogen-bond donors (Lipinski definition) is 2. The van der Waals surface area contributed by atoms with Gasteiger partial charge in [0.15, 0.2) is 0 Å². The van der Waals surface area contributed by atoms with Gasteiger partial charge in [-0.1, -0.05) is 19.1 Å². The van der Waals surface area contributed by atoms with Gasteiger partial charge in [-0.3, -0.25) is 9.59 Å². The van der Waals surface area contributed by atoms with E-state index in [0.29, 0.717) is 32.4 Å². The fourth-order valence-corrected chi connectivity index (χ4v) is 3.08. The first kappa shape index (κ1) is 14.1. The Bertz CT molecular complexity index is 407. The van der Waals surface area contributed by atoms with E-state index in [0.717, 1.165) is 6.42 Å². The maximum atomic E-state index is 12.4. The number of amides is 1. The van der Waals surface area contributed by atoms with E-state index in [9.17, 15) is 14.7 Å². The molecule has 1 amide bonds. The summed E-state index contributed by atoms with van der Waals surface area (Å²) in [5, 5.41) is 9.42. The molecule has 106 valence electrons. The molecule has 2 aliphatic rings. The second kappa shape index (κ2) is 5.33. The van der Waals surface area contributed by atoms with Gasteiger partial charge >= 0.3 is 5.97 Å². The average molecular weight is 266 g/mol. The summed E-state index contributed by atoms with van der Waals surface area (Å²) in [6.45, 7) is 2.87. The van der Waals surface area contributed by atoms with Gasteiger partial charge in [-0.15, -0.1) is 0 Å². The Kier molecular flexibility index (Phi) is 3.94. The van der Waals surface area contributed by atoms with Crippen molar-refractivity contribution in [2.24, 2.45) is 17.1 Å². The fraction of sp³-hybridized carbons (Fsp3) is 0.714. The number of rotatable bonds is 3. The predicted molar refractivity (Wildman–Crippen MR) is 71.4 cm³/mol. The van der Waals surface area contributed by atoms with Crippen molar-refractivity contribution in [1.29, 1.82) is 0 Å². The summed E-state index contributed by atoms with van der Waals surface area (Å²) in [7, 11) is 0. The van der Waals surface area contributed by atoms with Crippen LogP contribution in [0.3, 0.4) is 0 Å². The largest absolute Gasteiger partial charge is 0.481 e. The molecule has 0 saturated carbocycles. The molecule has 5 heteroatoms. The maximum absolute atomic E-state index is 12.4. The molecule has 3 N–H and O–H groups in total. The fourth-order valence-electron chi connectivity index (χ4n) is 3.08. The Labute approximate surface area is 113 Å². The zero-order chi connectivity index (χ0) is 14.0. The van der Waals surface area contributed by atoms with Crippen molar-refractivity contribution >= 4 is 11.9 Å². The van der Waals surface area contributed by atoms with E-state index >= 15 is 0 Å². The average Bonchev–Trinajstić information content (AvgIpc) is 2.84. The van der Waals surface area contributed by atoms with Crippen LogP contribution in [0.4, 0.5) is 0 Å². The Balaban J connectivity index is 2.07. The Hall–Kier alpha value is -1.36. The van der Waals surface area contributed by atoms with Gasteiger partial charge in [-0.05, 0) is 25.7 Å². The Morgan fingerprint density at radius 3 is 2.74 bits per heavy atom. The number of nitrogens with two attached hydrogens (primary N) is 1. The van der Waals surface area contributed by atoms with Crippen molar-refractivity contribution in [3.63, 3.8) is 0 Å². The van der Waals surface area contributed by atoms with Crippen LogP contribution in [0.2, 0.25) is 0 Å². The second-order valence-corrected chi connectivity index (χ2v) is 5.69. The standard InChI is InChI=1S/C14H22N2O3/c1-2-14(13(18)19)6-3-7-16(9-14)12(17)10-4-5-11(15)8-10/h4-5,10-11H,2-3,6-9,15H2,1H3,(H,18,19). The van der Waals surface area contributed by atoms with Crippen molar-refractivity contribution in [1.82, 2.24) is 4.90 Å². The molecule has 1 aliphatic heterocycles. The zero-order valence-electron chi connectivity index (χ0n) is 11.3. The van der Waals surface area contributed by atoms with Crippen molar-refractivity contribution in [2.75, 3.05) is 13.1 Å². The summed E-state index contributed by atoms with van der Waals surface area (Å²) in [5.41, 5.74) is 5.00. The molecule has 1 saturated heterocycles. The molecule has 1 aliphatic carbocycles. The van der Waals surface area contributed by atoms with E-state index < -0.39 is 11.4 Å². The van der Waals surface area contributed by atoms with E-state index in [1.165, 1.54) is 0 Å². The zero-order valence-corrected chi connectivity index (χ0v) is 11.3. The quantitative estimate of drug-likeness (QED) is 0.746. The molecule has 2 rings (SSSR count). The van der Waals surface area contributed by atoms with Crippen LogP contribution in [-0.4, -0.2) is 41.0 Å². The van der Waals surface area contributed by atoms with Gasteiger partial charge in [0.05, 0.1) is 11.3 Å². The van der Waals surface area contributed by atoms with Gasteiger partial charge in [0.1, 0.15) is 0 Å². The number of aliphatic carboxylic acids is 1. The molecule has 0 spiro atoms. The van der Waals surface area contributed by atoms with Crippen LogP contribution in [0.15, 0.2) is 12.2 Å². The predicted octanol–water partition coefficient (Wildman–Crippen LogP) is 0.993. The maximum Gasteiger partial charge on any atom is 0.311 e. The monoisotopic (exact) mass is 266 g/mol. The van der Waals surface area contributed by atoms with Gasteiger partial charge in [-0.2, -0.15) is 0 Å². The van der Waals surface area contributed by atoms with Crippen LogP contribution >= 0.6 is 0 Å². The first-order chi connectivity index (χ1) is 8.98. The summed E-state index contributed by atoms with van der Waals surface area (Å²) in [4.78, 5) is 25.6. The SMILES string of the molecule is CCC1(C(=O)O)CCCN(C(=O)C2C=CC(N)C2)C1. The van der Waals surface area contributed by atoms with Crippen LogP contribution in [0.5, 0.6) is 0 Å². The Morgan fingerprint density at radius 1 is 1.47 bits per heavy atom. The van der Waals surface area contributed by atoms with E-state index in [2.05, 4.69) is 0 Å². The van der Waals surface area contributed by atoms with E-state index in [1.54, 1.807) is 4.90 Å². The van der Waals surface area contributed by atoms with Gasteiger partial charge in [0.25, 0.3) is 0 Å². The highest BCUT2D eigenvalue weighted by atomic mass is 16.4. The smallest absolute Gasteiger partial charge is 0.311 e. The van der Waals surface area contributed by atoms with Crippen molar-refractivity contribution in [2.45, 2.75) is 38.6 Å². The molecule has 19 heavy (non-hydrogen) atoms. The number of carbonyl (C=O) groups is 2. The first-order valence-corrected chi connectivity index (χ1v) is 6.94. The van der Waals surface area contributed by atoms with Crippen LogP contribution in [-0.2, 0) is 9.59 Å². The number of hydrogen-bond acceptors (Lipinski definition) is 3. The van der Waals surface area contributed by atoms with Crippen LogP contribution in [0.25, 0.3) is 0 Å². The van der Waals surface area contributed by atoms with Gasteiger partial charge < -0.3 is 15.7 Å². The summed E-state index contributed by atoms with van der Waals surface area (Å²) < 4.78 is 0. The molecule has 1 heterocycles. The lowest BCUT2D eigenvalue weighted by atomic mass is 9.77. The summed E-state index contributed by atoms with van der Waals surface area (Å²) in [6.07, 6.45) is 6.33. The molecule has 0 aromatic heterocycles. The molecule has 1 fully saturated rings. The highest BCUT2D eigenvalue weighted by molar-refractivity contribution is 5.83. The number of likely N-dealkylation sites (tertiary alicyclic amines) is 1. The minimum Gasteiger partial charge on any atom is -0.481 e. The number of carboxylic acid groups (broad SMARTS) is 1. The molecule has 3 atom stereocenters. The normalized spacial score (nSPS) is 34.5. The number of piperidine rings is 1. The lowest BCUT2D eigenvalue weighted by Crippen LogP contribution is -2.51. The van der Waals surface area contributed by atoms with Crippen LogP contribution < -0.4 is 5.73 Å². The first-order valence-electron chi connectivity index (χ1n) is 6.94. The lowest BCUT2D eigenvalue weighted by Gasteiger charge is -2.40. The molecular formula is C14H22N2O3. The molecular weight excluding hydrogens is 244 g/mol. The van der Waals surface area contributed by atoms with E-state index in [4.69, 9.17) is 5.73 Å². The van der Waals surface area contributed by atoms with Crippen molar-refractivity contribution < 1.29 is 14.7 Å². The Morgan fingerprint density at radius 2 is 2.21 bits per heavy atom. The summed E-state index contributed by atoms with van der Waals surface area (Å²) >= 11 is 0. The number of carboxylic acids is 1. The van der Waals surface area contributed by atoms with Crippen molar-refractivity contribution in [3.8, 4) is 0 Å². The summed E-state index contributed by atoms with van der Waals surface area (Å²) in [6, 6.07) is -0.0471. The van der Waals surface area contributed by atoms with E-state index in [-0.39, 0.29) is 17.9 Å².